The fourth-order valence-corrected chi connectivity index (χ4v) is 1.62. The van der Waals surface area contributed by atoms with Gasteiger partial charge in [0.15, 0.2) is 5.78 Å². The second-order valence-electron chi connectivity index (χ2n) is 3.53. The molecule has 15 heavy (non-hydrogen) atoms. The summed E-state index contributed by atoms with van der Waals surface area (Å²) in [5, 5.41) is 0. The lowest BCUT2D eigenvalue weighted by Crippen LogP contribution is -1.92. The summed E-state index contributed by atoms with van der Waals surface area (Å²) in [4.78, 5) is 11.4. The summed E-state index contributed by atoms with van der Waals surface area (Å²) in [6.07, 6.45) is 1.55. The van der Waals surface area contributed by atoms with Crippen LogP contribution in [0.2, 0.25) is 0 Å². The van der Waals surface area contributed by atoms with E-state index in [1.54, 1.807) is 19.3 Å². The largest absolute Gasteiger partial charge is 0.464 e. The van der Waals surface area contributed by atoms with Crippen molar-refractivity contribution in [3.8, 4) is 11.3 Å². The van der Waals surface area contributed by atoms with Gasteiger partial charge in [-0.25, -0.2) is 0 Å². The summed E-state index contributed by atoms with van der Waals surface area (Å²) in [7, 11) is 0. The van der Waals surface area contributed by atoms with Crippen molar-refractivity contribution < 1.29 is 9.21 Å². The van der Waals surface area contributed by atoms with E-state index in [-0.39, 0.29) is 5.78 Å². The minimum absolute atomic E-state index is 0.0296. The quantitative estimate of drug-likeness (QED) is 0.695. The number of benzene rings is 1. The van der Waals surface area contributed by atoms with Crippen LogP contribution in [0, 0.1) is 6.92 Å². The van der Waals surface area contributed by atoms with Gasteiger partial charge in [0, 0.05) is 5.56 Å². The van der Waals surface area contributed by atoms with E-state index in [4.69, 9.17) is 4.42 Å². The molecule has 0 aliphatic carbocycles. The number of ketones is 1. The fourth-order valence-electron chi connectivity index (χ4n) is 1.62. The van der Waals surface area contributed by atoms with Crippen LogP contribution in [0.3, 0.4) is 0 Å². The van der Waals surface area contributed by atoms with E-state index in [2.05, 4.69) is 0 Å². The predicted molar refractivity (Wildman–Crippen MR) is 58.9 cm³/mol. The number of rotatable bonds is 2. The standard InChI is InChI=1S/C13H12O2/c1-9-5-3-4-6-11(9)13-12(10(2)14)7-8-15-13/h3-8H,1-2H3. The van der Waals surface area contributed by atoms with Crippen LogP contribution >= 0.6 is 0 Å². The lowest BCUT2D eigenvalue weighted by atomic mass is 10.0. The number of hydrogen-bond acceptors (Lipinski definition) is 2. The molecule has 0 amide bonds. The Kier molecular flexibility index (Phi) is 2.42. The summed E-state index contributed by atoms with van der Waals surface area (Å²) in [6.45, 7) is 3.55. The van der Waals surface area contributed by atoms with E-state index in [0.29, 0.717) is 11.3 Å². The molecule has 0 radical (unpaired) electrons. The van der Waals surface area contributed by atoms with Gasteiger partial charge in [-0.05, 0) is 25.5 Å². The second-order valence-corrected chi connectivity index (χ2v) is 3.53. The Balaban J connectivity index is 2.59. The molecule has 0 saturated carbocycles. The number of hydrogen-bond donors (Lipinski definition) is 0. The molecule has 1 aromatic heterocycles. The minimum Gasteiger partial charge on any atom is -0.464 e. The van der Waals surface area contributed by atoms with Crippen molar-refractivity contribution in [1.29, 1.82) is 0 Å². The third kappa shape index (κ3) is 1.71. The Morgan fingerprint density at radius 2 is 1.93 bits per heavy atom. The van der Waals surface area contributed by atoms with E-state index >= 15 is 0 Å². The maximum atomic E-state index is 11.4. The van der Waals surface area contributed by atoms with Crippen molar-refractivity contribution in [2.45, 2.75) is 13.8 Å². The zero-order valence-electron chi connectivity index (χ0n) is 8.78. The van der Waals surface area contributed by atoms with Gasteiger partial charge in [-0.15, -0.1) is 0 Å². The molecule has 0 atom stereocenters. The molecule has 0 aliphatic heterocycles. The molecule has 0 saturated heterocycles. The van der Waals surface area contributed by atoms with E-state index in [1.165, 1.54) is 0 Å². The first kappa shape index (κ1) is 9.71. The molecule has 0 unspecified atom stereocenters. The molecule has 0 N–H and O–H groups in total. The van der Waals surface area contributed by atoms with Crippen LogP contribution in [0.5, 0.6) is 0 Å². The Labute approximate surface area is 88.5 Å². The van der Waals surface area contributed by atoms with Crippen LogP contribution in [0.4, 0.5) is 0 Å². The van der Waals surface area contributed by atoms with Gasteiger partial charge in [-0.2, -0.15) is 0 Å². The first-order valence-electron chi connectivity index (χ1n) is 4.84. The van der Waals surface area contributed by atoms with E-state index < -0.39 is 0 Å². The number of carbonyl (C=O) groups excluding carboxylic acids is 1. The van der Waals surface area contributed by atoms with Gasteiger partial charge in [0.2, 0.25) is 0 Å². The molecule has 2 rings (SSSR count). The summed E-state index contributed by atoms with van der Waals surface area (Å²) in [5.41, 5.74) is 2.73. The van der Waals surface area contributed by atoms with Crippen LogP contribution in [-0.2, 0) is 0 Å². The Morgan fingerprint density at radius 1 is 1.20 bits per heavy atom. The zero-order chi connectivity index (χ0) is 10.8. The fraction of sp³-hybridized carbons (Fsp3) is 0.154. The summed E-state index contributed by atoms with van der Waals surface area (Å²) < 4.78 is 5.37. The van der Waals surface area contributed by atoms with E-state index in [1.807, 2.05) is 31.2 Å². The third-order valence-electron chi connectivity index (χ3n) is 2.43. The molecule has 1 aromatic carbocycles. The van der Waals surface area contributed by atoms with Crippen LogP contribution in [-0.4, -0.2) is 5.78 Å². The number of furan rings is 1. The summed E-state index contributed by atoms with van der Waals surface area (Å²) >= 11 is 0. The number of carbonyl (C=O) groups is 1. The van der Waals surface area contributed by atoms with Crippen molar-refractivity contribution in [3.05, 3.63) is 47.7 Å². The van der Waals surface area contributed by atoms with Crippen molar-refractivity contribution in [3.63, 3.8) is 0 Å². The first-order valence-corrected chi connectivity index (χ1v) is 4.84. The Morgan fingerprint density at radius 3 is 2.60 bits per heavy atom. The predicted octanol–water partition coefficient (Wildman–Crippen LogP) is 3.46. The SMILES string of the molecule is CC(=O)c1ccoc1-c1ccccc1C. The molecule has 2 heteroatoms. The first-order chi connectivity index (χ1) is 7.20. The molecule has 76 valence electrons. The third-order valence-corrected chi connectivity index (χ3v) is 2.43. The van der Waals surface area contributed by atoms with Crippen molar-refractivity contribution >= 4 is 5.78 Å². The monoisotopic (exact) mass is 200 g/mol. The van der Waals surface area contributed by atoms with Gasteiger partial charge in [0.1, 0.15) is 5.76 Å². The lowest BCUT2D eigenvalue weighted by Gasteiger charge is -2.03. The molecule has 0 bridgehead atoms. The minimum atomic E-state index is 0.0296. The number of Topliss-reactive ketones (excluding diaryl/α,β-unsaturated/α-hetero) is 1. The molecule has 0 spiro atoms. The molecule has 2 aromatic rings. The van der Waals surface area contributed by atoms with Crippen LogP contribution in [0.15, 0.2) is 41.0 Å². The Bertz CT molecular complexity index is 495. The topological polar surface area (TPSA) is 30.2 Å². The van der Waals surface area contributed by atoms with Crippen LogP contribution in [0.1, 0.15) is 22.8 Å². The highest BCUT2D eigenvalue weighted by molar-refractivity contribution is 5.99. The van der Waals surface area contributed by atoms with Gasteiger partial charge < -0.3 is 4.42 Å². The van der Waals surface area contributed by atoms with E-state index in [0.717, 1.165) is 11.1 Å². The highest BCUT2D eigenvalue weighted by atomic mass is 16.3. The van der Waals surface area contributed by atoms with Gasteiger partial charge in [0.25, 0.3) is 0 Å². The number of aryl methyl sites for hydroxylation is 1. The molecule has 0 aliphatic rings. The highest BCUT2D eigenvalue weighted by Gasteiger charge is 2.13. The molecular formula is C13H12O2. The maximum absolute atomic E-state index is 11.4. The average Bonchev–Trinajstić information content (AvgIpc) is 2.67. The van der Waals surface area contributed by atoms with Crippen LogP contribution < -0.4 is 0 Å². The summed E-state index contributed by atoms with van der Waals surface area (Å²) in [5.74, 6) is 0.697. The zero-order valence-corrected chi connectivity index (χ0v) is 8.78. The second kappa shape index (κ2) is 3.73. The molecule has 2 nitrogen and oxygen atoms in total. The van der Waals surface area contributed by atoms with Gasteiger partial charge >= 0.3 is 0 Å². The normalized spacial score (nSPS) is 10.3. The van der Waals surface area contributed by atoms with Gasteiger partial charge in [-0.1, -0.05) is 24.3 Å². The van der Waals surface area contributed by atoms with Crippen molar-refractivity contribution in [1.82, 2.24) is 0 Å². The maximum Gasteiger partial charge on any atom is 0.163 e. The van der Waals surface area contributed by atoms with Crippen molar-refractivity contribution in [2.75, 3.05) is 0 Å². The van der Waals surface area contributed by atoms with E-state index in [9.17, 15) is 4.79 Å². The molecular weight excluding hydrogens is 188 g/mol. The summed E-state index contributed by atoms with van der Waals surface area (Å²) in [6, 6.07) is 9.58. The van der Waals surface area contributed by atoms with Gasteiger partial charge in [-0.3, -0.25) is 4.79 Å². The lowest BCUT2D eigenvalue weighted by molar-refractivity contribution is 0.101. The molecule has 1 heterocycles. The van der Waals surface area contributed by atoms with Crippen LogP contribution in [0.25, 0.3) is 11.3 Å². The van der Waals surface area contributed by atoms with Gasteiger partial charge in [0.05, 0.1) is 11.8 Å². The highest BCUT2D eigenvalue weighted by Crippen LogP contribution is 2.27. The van der Waals surface area contributed by atoms with Crippen molar-refractivity contribution in [2.24, 2.45) is 0 Å². The average molecular weight is 200 g/mol. The Hall–Kier alpha value is -1.83. The smallest absolute Gasteiger partial charge is 0.163 e. The molecule has 0 fully saturated rings.